The number of nitrogens with one attached hydrogen (secondary N) is 1. The minimum absolute atomic E-state index is 0.0978. The average molecular weight is 358 g/mol. The first-order valence-corrected chi connectivity index (χ1v) is 9.77. The maximum atomic E-state index is 13.0. The molecule has 2 aromatic rings. The maximum absolute atomic E-state index is 13.0. The molecule has 1 aliphatic rings. The zero-order chi connectivity index (χ0) is 18.2. The molecule has 0 radical (unpaired) electrons. The number of benzene rings is 2. The van der Waals surface area contributed by atoms with Crippen LogP contribution in [0.3, 0.4) is 0 Å². The zero-order valence-electron chi connectivity index (χ0n) is 14.7. The standard InChI is InChI=1S/C19H22N2O3S/c1-13-11-14(2)17-5-4-10-21(18(17)12-13)19(22)15-6-8-16(9-7-15)25(23,24)20-3/h6-9,11-12,20H,4-5,10H2,1-3H3. The summed E-state index contributed by atoms with van der Waals surface area (Å²) in [7, 11) is -2.14. The van der Waals surface area contributed by atoms with Gasteiger partial charge in [-0.3, -0.25) is 4.79 Å². The van der Waals surface area contributed by atoms with E-state index in [-0.39, 0.29) is 10.8 Å². The lowest BCUT2D eigenvalue weighted by Gasteiger charge is -2.31. The van der Waals surface area contributed by atoms with Gasteiger partial charge in [-0.2, -0.15) is 0 Å². The van der Waals surface area contributed by atoms with Crippen LogP contribution in [0, 0.1) is 13.8 Å². The highest BCUT2D eigenvalue weighted by atomic mass is 32.2. The van der Waals surface area contributed by atoms with Gasteiger partial charge in [0.2, 0.25) is 10.0 Å². The summed E-state index contributed by atoms with van der Waals surface area (Å²) in [6.07, 6.45) is 1.90. The van der Waals surface area contributed by atoms with E-state index in [4.69, 9.17) is 0 Å². The van der Waals surface area contributed by atoms with E-state index in [0.29, 0.717) is 12.1 Å². The number of fused-ring (bicyclic) bond motifs is 1. The first-order chi connectivity index (χ1) is 11.8. The number of sulfonamides is 1. The quantitative estimate of drug-likeness (QED) is 0.917. The average Bonchev–Trinajstić information content (AvgIpc) is 2.60. The molecule has 6 heteroatoms. The van der Waals surface area contributed by atoms with Crippen molar-refractivity contribution in [3.63, 3.8) is 0 Å². The molecule has 0 unspecified atom stereocenters. The first kappa shape index (κ1) is 17.6. The van der Waals surface area contributed by atoms with E-state index in [1.165, 1.54) is 30.3 Å². The van der Waals surface area contributed by atoms with Gasteiger partial charge in [0, 0.05) is 17.8 Å². The van der Waals surface area contributed by atoms with Crippen molar-refractivity contribution in [1.29, 1.82) is 0 Å². The SMILES string of the molecule is CNS(=O)(=O)c1ccc(C(=O)N2CCCc3c(C)cc(C)cc32)cc1. The Kier molecular flexibility index (Phi) is 4.67. The Morgan fingerprint density at radius 2 is 1.80 bits per heavy atom. The third kappa shape index (κ3) is 3.32. The first-order valence-electron chi connectivity index (χ1n) is 8.29. The molecule has 0 saturated heterocycles. The highest BCUT2D eigenvalue weighted by molar-refractivity contribution is 7.89. The largest absolute Gasteiger partial charge is 0.308 e. The fourth-order valence-electron chi connectivity index (χ4n) is 3.34. The molecule has 0 aliphatic carbocycles. The van der Waals surface area contributed by atoms with Gasteiger partial charge in [-0.25, -0.2) is 13.1 Å². The Morgan fingerprint density at radius 3 is 2.44 bits per heavy atom. The third-order valence-electron chi connectivity index (χ3n) is 4.62. The predicted octanol–water partition coefficient (Wildman–Crippen LogP) is 2.80. The number of rotatable bonds is 3. The van der Waals surface area contributed by atoms with Crippen molar-refractivity contribution in [3.05, 3.63) is 58.7 Å². The molecular formula is C19H22N2O3S. The van der Waals surface area contributed by atoms with Crippen molar-refractivity contribution in [2.24, 2.45) is 0 Å². The number of hydrogen-bond donors (Lipinski definition) is 1. The smallest absolute Gasteiger partial charge is 0.258 e. The Balaban J connectivity index is 1.96. The molecule has 0 atom stereocenters. The molecule has 1 aliphatic heterocycles. The molecule has 25 heavy (non-hydrogen) atoms. The van der Waals surface area contributed by atoms with Crippen LogP contribution in [0.2, 0.25) is 0 Å². The van der Waals surface area contributed by atoms with Gasteiger partial charge in [-0.15, -0.1) is 0 Å². The molecule has 2 aromatic carbocycles. The Labute approximate surface area is 148 Å². The van der Waals surface area contributed by atoms with Gasteiger partial charge in [0.05, 0.1) is 4.90 Å². The molecule has 5 nitrogen and oxygen atoms in total. The van der Waals surface area contributed by atoms with E-state index >= 15 is 0 Å². The molecule has 1 heterocycles. The molecule has 1 N–H and O–H groups in total. The van der Waals surface area contributed by atoms with E-state index in [0.717, 1.165) is 24.1 Å². The Hall–Kier alpha value is -2.18. The molecular weight excluding hydrogens is 336 g/mol. The van der Waals surface area contributed by atoms with Gasteiger partial charge < -0.3 is 4.90 Å². The van der Waals surface area contributed by atoms with Gasteiger partial charge in [-0.05, 0) is 80.8 Å². The topological polar surface area (TPSA) is 66.5 Å². The van der Waals surface area contributed by atoms with Crippen molar-refractivity contribution in [2.75, 3.05) is 18.5 Å². The predicted molar refractivity (Wildman–Crippen MR) is 98.6 cm³/mol. The second-order valence-electron chi connectivity index (χ2n) is 6.37. The van der Waals surface area contributed by atoms with Crippen LogP contribution in [0.25, 0.3) is 0 Å². The maximum Gasteiger partial charge on any atom is 0.258 e. The fourth-order valence-corrected chi connectivity index (χ4v) is 4.07. The molecule has 0 fully saturated rings. The number of amides is 1. The molecule has 0 aromatic heterocycles. The van der Waals surface area contributed by atoms with Crippen molar-refractivity contribution >= 4 is 21.6 Å². The van der Waals surface area contributed by atoms with E-state index in [2.05, 4.69) is 23.8 Å². The molecule has 1 amide bonds. The van der Waals surface area contributed by atoms with Crippen LogP contribution in [0.1, 0.15) is 33.5 Å². The Morgan fingerprint density at radius 1 is 1.12 bits per heavy atom. The minimum Gasteiger partial charge on any atom is -0.308 e. The number of aryl methyl sites for hydroxylation is 2. The molecule has 3 rings (SSSR count). The van der Waals surface area contributed by atoms with Crippen LogP contribution in [-0.2, 0) is 16.4 Å². The van der Waals surface area contributed by atoms with Crippen molar-refractivity contribution in [1.82, 2.24) is 4.72 Å². The van der Waals surface area contributed by atoms with Gasteiger partial charge in [0.25, 0.3) is 5.91 Å². The lowest BCUT2D eigenvalue weighted by molar-refractivity contribution is 0.0985. The van der Waals surface area contributed by atoms with Crippen LogP contribution in [0.15, 0.2) is 41.3 Å². The molecule has 0 saturated carbocycles. The minimum atomic E-state index is -3.50. The number of carbonyl (C=O) groups excluding carboxylic acids is 1. The van der Waals surface area contributed by atoms with Gasteiger partial charge >= 0.3 is 0 Å². The normalized spacial score (nSPS) is 14.3. The van der Waals surface area contributed by atoms with Crippen LogP contribution < -0.4 is 9.62 Å². The monoisotopic (exact) mass is 358 g/mol. The number of nitrogens with zero attached hydrogens (tertiary/aromatic N) is 1. The van der Waals surface area contributed by atoms with E-state index in [1.807, 2.05) is 6.92 Å². The fraction of sp³-hybridized carbons (Fsp3) is 0.316. The second kappa shape index (κ2) is 6.61. The molecule has 0 spiro atoms. The van der Waals surface area contributed by atoms with Crippen LogP contribution in [-0.4, -0.2) is 27.9 Å². The summed E-state index contributed by atoms with van der Waals surface area (Å²) in [4.78, 5) is 14.9. The number of carbonyl (C=O) groups is 1. The van der Waals surface area contributed by atoms with Crippen LogP contribution >= 0.6 is 0 Å². The number of hydrogen-bond acceptors (Lipinski definition) is 3. The number of anilines is 1. The summed E-state index contributed by atoms with van der Waals surface area (Å²) in [5.74, 6) is -0.0978. The van der Waals surface area contributed by atoms with Crippen LogP contribution in [0.5, 0.6) is 0 Å². The second-order valence-corrected chi connectivity index (χ2v) is 8.26. The summed E-state index contributed by atoms with van der Waals surface area (Å²) in [6, 6.07) is 10.3. The molecule has 132 valence electrons. The van der Waals surface area contributed by atoms with Gasteiger partial charge in [-0.1, -0.05) is 6.07 Å². The Bertz CT molecular complexity index is 918. The summed E-state index contributed by atoms with van der Waals surface area (Å²) in [5.41, 5.74) is 5.02. The highest BCUT2D eigenvalue weighted by Gasteiger charge is 2.25. The molecule has 0 bridgehead atoms. The highest BCUT2D eigenvalue weighted by Crippen LogP contribution is 2.32. The summed E-state index contributed by atoms with van der Waals surface area (Å²) in [5, 5.41) is 0. The van der Waals surface area contributed by atoms with Crippen molar-refractivity contribution in [3.8, 4) is 0 Å². The van der Waals surface area contributed by atoms with Crippen molar-refractivity contribution < 1.29 is 13.2 Å². The lowest BCUT2D eigenvalue weighted by Crippen LogP contribution is -2.35. The van der Waals surface area contributed by atoms with Gasteiger partial charge in [0.1, 0.15) is 0 Å². The third-order valence-corrected chi connectivity index (χ3v) is 6.05. The lowest BCUT2D eigenvalue weighted by atomic mass is 9.94. The van der Waals surface area contributed by atoms with Gasteiger partial charge in [0.15, 0.2) is 0 Å². The summed E-state index contributed by atoms with van der Waals surface area (Å²) < 4.78 is 25.9. The van der Waals surface area contributed by atoms with E-state index < -0.39 is 10.0 Å². The van der Waals surface area contributed by atoms with Crippen molar-refractivity contribution in [2.45, 2.75) is 31.6 Å². The van der Waals surface area contributed by atoms with E-state index in [1.54, 1.807) is 17.0 Å². The van der Waals surface area contributed by atoms with Crippen LogP contribution in [0.4, 0.5) is 5.69 Å². The zero-order valence-corrected chi connectivity index (χ0v) is 15.5. The summed E-state index contributed by atoms with van der Waals surface area (Å²) in [6.45, 7) is 4.78. The summed E-state index contributed by atoms with van der Waals surface area (Å²) >= 11 is 0. The van der Waals surface area contributed by atoms with E-state index in [9.17, 15) is 13.2 Å².